The van der Waals surface area contributed by atoms with Crippen LogP contribution in [0.1, 0.15) is 86.0 Å². The van der Waals surface area contributed by atoms with Crippen LogP contribution in [0.3, 0.4) is 0 Å². The maximum absolute atomic E-state index is 12.8. The highest BCUT2D eigenvalue weighted by Crippen LogP contribution is 2.67. The number of allylic oxidation sites excluding steroid dienone is 4. The Hall–Kier alpha value is -1.89. The molecule has 10 nitrogen and oxygen atoms in total. The number of carbonyl (C=O) groups excluding carboxylic acids is 3. The monoisotopic (exact) mass is 630 g/mol. The SMILES string of the molecule is CC(=O)O[C@]1(C(C)=O)CC[C@H]2[C@@H]3C=C(C)C4=CC(=O)CC[C@]4(C)[C@H]3CC[C@@]21C.CS(=O)(=O)OCCCCOS(C)(=O)=O. The van der Waals surface area contributed by atoms with E-state index < -0.39 is 25.8 Å². The molecule has 0 aromatic rings. The number of ether oxygens (including phenoxy) is 1. The summed E-state index contributed by atoms with van der Waals surface area (Å²) in [7, 11) is -6.80. The molecule has 0 amide bonds. The number of hydrogen-bond acceptors (Lipinski definition) is 10. The van der Waals surface area contributed by atoms with Crippen LogP contribution in [0.4, 0.5) is 0 Å². The lowest BCUT2D eigenvalue weighted by atomic mass is 9.47. The molecule has 4 rings (SSSR count). The fourth-order valence-electron chi connectivity index (χ4n) is 8.10. The number of hydrogen-bond donors (Lipinski definition) is 0. The molecule has 0 spiro atoms. The van der Waals surface area contributed by atoms with Crippen LogP contribution in [0.25, 0.3) is 0 Å². The van der Waals surface area contributed by atoms with Gasteiger partial charge in [0, 0.05) is 18.8 Å². The molecule has 12 heteroatoms. The molecule has 0 aliphatic heterocycles. The number of rotatable bonds is 9. The van der Waals surface area contributed by atoms with Gasteiger partial charge in [-0.3, -0.25) is 22.7 Å². The van der Waals surface area contributed by atoms with Crippen LogP contribution < -0.4 is 0 Å². The zero-order chi connectivity index (χ0) is 31.7. The van der Waals surface area contributed by atoms with Crippen molar-refractivity contribution in [3.05, 3.63) is 23.3 Å². The first-order chi connectivity index (χ1) is 19.3. The largest absolute Gasteiger partial charge is 0.451 e. The van der Waals surface area contributed by atoms with Gasteiger partial charge in [-0.15, -0.1) is 0 Å². The maximum atomic E-state index is 12.8. The summed E-state index contributed by atoms with van der Waals surface area (Å²) < 4.78 is 56.6. The van der Waals surface area contributed by atoms with Crippen LogP contribution in [0.5, 0.6) is 0 Å². The number of ketones is 2. The summed E-state index contributed by atoms with van der Waals surface area (Å²) in [5.41, 5.74) is 1.15. The number of unbranched alkanes of at least 4 members (excludes halogenated alkanes) is 1. The molecule has 2 saturated carbocycles. The van der Waals surface area contributed by atoms with Gasteiger partial charge in [-0.05, 0) is 93.6 Å². The number of fused-ring (bicyclic) bond motifs is 5. The Morgan fingerprint density at radius 3 is 1.95 bits per heavy atom. The van der Waals surface area contributed by atoms with Crippen LogP contribution in [0.2, 0.25) is 0 Å². The summed E-state index contributed by atoms with van der Waals surface area (Å²) in [5, 5.41) is 0. The first-order valence-corrected chi connectivity index (χ1v) is 18.2. The Morgan fingerprint density at radius 1 is 0.905 bits per heavy atom. The van der Waals surface area contributed by atoms with Gasteiger partial charge in [0.2, 0.25) is 0 Å². The average Bonchev–Trinajstić information content (AvgIpc) is 3.14. The first kappa shape index (κ1) is 34.6. The van der Waals surface area contributed by atoms with E-state index in [0.717, 1.165) is 38.2 Å². The highest BCUT2D eigenvalue weighted by Gasteiger charge is 2.67. The van der Waals surface area contributed by atoms with Crippen molar-refractivity contribution in [2.45, 2.75) is 91.6 Å². The Morgan fingerprint density at radius 2 is 1.45 bits per heavy atom. The normalized spacial score (nSPS) is 34.1. The third-order valence-electron chi connectivity index (χ3n) is 9.97. The molecule has 6 atom stereocenters. The fourth-order valence-corrected chi connectivity index (χ4v) is 8.94. The van der Waals surface area contributed by atoms with Gasteiger partial charge >= 0.3 is 5.97 Å². The molecule has 0 unspecified atom stereocenters. The highest BCUT2D eigenvalue weighted by molar-refractivity contribution is 7.86. The minimum atomic E-state index is -3.40. The third kappa shape index (κ3) is 7.25. The average molecular weight is 631 g/mol. The molecule has 0 bridgehead atoms. The fraction of sp³-hybridized carbons (Fsp3) is 0.767. The molecule has 0 N–H and O–H groups in total. The summed E-state index contributed by atoms with van der Waals surface area (Å²) in [6, 6.07) is 0. The van der Waals surface area contributed by atoms with Crippen molar-refractivity contribution in [3.63, 3.8) is 0 Å². The van der Waals surface area contributed by atoms with Gasteiger partial charge in [0.05, 0.1) is 25.7 Å². The van der Waals surface area contributed by atoms with Gasteiger partial charge in [0.25, 0.3) is 20.2 Å². The maximum Gasteiger partial charge on any atom is 0.303 e. The van der Waals surface area contributed by atoms with Crippen molar-refractivity contribution in [1.82, 2.24) is 0 Å². The molecular formula is C30H46O10S2. The molecule has 42 heavy (non-hydrogen) atoms. The minimum Gasteiger partial charge on any atom is -0.451 e. The predicted molar refractivity (Wildman–Crippen MR) is 157 cm³/mol. The van der Waals surface area contributed by atoms with Gasteiger partial charge in [-0.1, -0.05) is 25.5 Å². The Bertz CT molecular complexity index is 1330. The highest BCUT2D eigenvalue weighted by atomic mass is 32.2. The van der Waals surface area contributed by atoms with E-state index >= 15 is 0 Å². The van der Waals surface area contributed by atoms with E-state index in [9.17, 15) is 31.2 Å². The van der Waals surface area contributed by atoms with E-state index in [2.05, 4.69) is 35.2 Å². The Kier molecular flexibility index (Phi) is 10.4. The van der Waals surface area contributed by atoms with Crippen LogP contribution in [-0.4, -0.2) is 65.7 Å². The quantitative estimate of drug-likeness (QED) is 0.205. The smallest absolute Gasteiger partial charge is 0.303 e. The van der Waals surface area contributed by atoms with Crippen LogP contribution in [0.15, 0.2) is 23.3 Å². The second-order valence-corrected chi connectivity index (χ2v) is 16.1. The second-order valence-electron chi connectivity index (χ2n) is 12.8. The van der Waals surface area contributed by atoms with E-state index in [1.807, 2.05) is 6.08 Å². The minimum absolute atomic E-state index is 0.0160. The van der Waals surface area contributed by atoms with Gasteiger partial charge < -0.3 is 4.74 Å². The van der Waals surface area contributed by atoms with E-state index in [-0.39, 0.29) is 41.6 Å². The molecule has 0 aromatic carbocycles. The van der Waals surface area contributed by atoms with Crippen LogP contribution >= 0.6 is 0 Å². The van der Waals surface area contributed by atoms with E-state index in [1.54, 1.807) is 6.92 Å². The molecule has 4 aliphatic rings. The lowest BCUT2D eigenvalue weighted by molar-refractivity contribution is -0.185. The molecule has 0 radical (unpaired) electrons. The predicted octanol–water partition coefficient (Wildman–Crippen LogP) is 4.29. The summed E-state index contributed by atoms with van der Waals surface area (Å²) in [6.07, 6.45) is 12.0. The third-order valence-corrected chi connectivity index (χ3v) is 11.2. The Labute approximate surface area is 250 Å². The number of esters is 1. The van der Waals surface area contributed by atoms with E-state index in [4.69, 9.17) is 4.74 Å². The lowest BCUT2D eigenvalue weighted by Gasteiger charge is -2.58. The van der Waals surface area contributed by atoms with E-state index in [1.165, 1.54) is 18.1 Å². The van der Waals surface area contributed by atoms with Crippen LogP contribution in [0, 0.1) is 28.6 Å². The zero-order valence-electron chi connectivity index (χ0n) is 25.9. The molecule has 238 valence electrons. The molecule has 2 fully saturated rings. The van der Waals surface area contributed by atoms with Crippen molar-refractivity contribution in [2.75, 3.05) is 25.7 Å². The van der Waals surface area contributed by atoms with Crippen LogP contribution in [-0.2, 0) is 47.7 Å². The van der Waals surface area contributed by atoms with Gasteiger partial charge in [0.1, 0.15) is 0 Å². The van der Waals surface area contributed by atoms with Gasteiger partial charge in [-0.2, -0.15) is 16.8 Å². The van der Waals surface area contributed by atoms with Crippen molar-refractivity contribution in [2.24, 2.45) is 28.6 Å². The Balaban J connectivity index is 0.000000295. The molecule has 4 aliphatic carbocycles. The summed E-state index contributed by atoms with van der Waals surface area (Å²) in [4.78, 5) is 36.8. The molecular weight excluding hydrogens is 584 g/mol. The second kappa shape index (κ2) is 12.6. The van der Waals surface area contributed by atoms with Crippen molar-refractivity contribution < 1.29 is 44.3 Å². The van der Waals surface area contributed by atoms with Crippen molar-refractivity contribution in [3.8, 4) is 0 Å². The summed E-state index contributed by atoms with van der Waals surface area (Å²) in [6.45, 7) is 9.73. The standard InChI is InChI=1S/C24H32O4.C6H14O6S2/c1-14-12-18-19(22(4)9-6-17(27)13-21(14)22)7-10-23(5)20(18)8-11-24(23,15(2)25)28-16(3)26;1-13(7,8)11-5-3-4-6-12-14(2,9)10/h12-13,18-20H,6-11H2,1-5H3;3-6H2,1-2H3/t18-,19+,20+,22-,23+,24+;/m1./s1. The zero-order valence-corrected chi connectivity index (χ0v) is 27.5. The number of carbonyl (C=O) groups is 3. The van der Waals surface area contributed by atoms with Gasteiger partial charge in [0.15, 0.2) is 17.2 Å². The topological polar surface area (TPSA) is 147 Å². The van der Waals surface area contributed by atoms with Crippen molar-refractivity contribution >= 4 is 37.8 Å². The summed E-state index contributed by atoms with van der Waals surface area (Å²) >= 11 is 0. The van der Waals surface area contributed by atoms with E-state index in [0.29, 0.717) is 43.4 Å². The molecule has 0 heterocycles. The van der Waals surface area contributed by atoms with Gasteiger partial charge in [-0.25, -0.2) is 0 Å². The first-order valence-electron chi connectivity index (χ1n) is 14.6. The summed E-state index contributed by atoms with van der Waals surface area (Å²) in [5.74, 6) is 1.03. The molecule has 0 saturated heterocycles. The lowest BCUT2D eigenvalue weighted by Crippen LogP contribution is -2.58. The van der Waals surface area contributed by atoms with Crippen molar-refractivity contribution in [1.29, 1.82) is 0 Å². The molecule has 0 aromatic heterocycles. The number of Topliss-reactive ketones (excluding diaryl/α,β-unsaturated/α-hetero) is 1.